The van der Waals surface area contributed by atoms with Crippen LogP contribution in [-0.2, 0) is 32.7 Å². The third-order valence-electron chi connectivity index (χ3n) is 9.91. The highest BCUT2D eigenvalue weighted by atomic mass is 31.2. The van der Waals surface area contributed by atoms with E-state index in [2.05, 4.69) is 92.8 Å². The van der Waals surface area contributed by atoms with E-state index in [1.807, 2.05) is 27.2 Å². The van der Waals surface area contributed by atoms with E-state index in [1.165, 1.54) is 70.6 Å². The third kappa shape index (κ3) is 46.7. The van der Waals surface area contributed by atoms with Gasteiger partial charge in [0.1, 0.15) is 19.8 Å². The first-order valence-electron chi connectivity index (χ1n) is 24.3. The molecule has 0 spiro atoms. The maximum atomic E-state index is 12.7. The quantitative estimate of drug-likeness (QED) is 0.0212. The molecule has 0 rings (SSSR count). The summed E-state index contributed by atoms with van der Waals surface area (Å²) in [5, 5.41) is 0. The summed E-state index contributed by atoms with van der Waals surface area (Å²) in [6.07, 6.45) is 56.4. The molecule has 0 saturated carbocycles. The van der Waals surface area contributed by atoms with Crippen LogP contribution in [0.1, 0.15) is 181 Å². The summed E-state index contributed by atoms with van der Waals surface area (Å²) < 4.78 is 34.3. The van der Waals surface area contributed by atoms with Crippen molar-refractivity contribution in [2.24, 2.45) is 0 Å². The van der Waals surface area contributed by atoms with Gasteiger partial charge in [0.25, 0.3) is 0 Å². The average Bonchev–Trinajstić information content (AvgIpc) is 3.23. The molecule has 0 saturated heterocycles. The Morgan fingerprint density at radius 2 is 0.935 bits per heavy atom. The summed E-state index contributed by atoms with van der Waals surface area (Å²) in [5.74, 6) is -0.877. The van der Waals surface area contributed by atoms with Crippen LogP contribution in [-0.4, -0.2) is 74.9 Å². The van der Waals surface area contributed by atoms with Gasteiger partial charge in [-0.3, -0.25) is 18.6 Å². The predicted octanol–water partition coefficient (Wildman–Crippen LogP) is 14.4. The van der Waals surface area contributed by atoms with Crippen LogP contribution in [0.5, 0.6) is 0 Å². The summed E-state index contributed by atoms with van der Waals surface area (Å²) in [4.78, 5) is 35.5. The minimum absolute atomic E-state index is 0.0160. The summed E-state index contributed by atoms with van der Waals surface area (Å²) >= 11 is 0. The van der Waals surface area contributed by atoms with Gasteiger partial charge in [0.2, 0.25) is 0 Å². The SMILES string of the molecule is CC/C=C\C/C=C\C/C=C\C/C=C\C/C=C\CCCC(=O)OC(COC(=O)CCCCCCCCCCC/C=C\C/C=C\CCCCCCC)COP(=O)(O)OCC[N+](C)(C)C. The number of phosphoric acid groups is 1. The number of hydrogen-bond donors (Lipinski definition) is 1. The largest absolute Gasteiger partial charge is 0.472 e. The van der Waals surface area contributed by atoms with Crippen molar-refractivity contribution < 1.29 is 42.1 Å². The summed E-state index contributed by atoms with van der Waals surface area (Å²) in [6.45, 7) is 4.22. The fraction of sp³-hybridized carbons (Fsp3) is 0.692. The van der Waals surface area contributed by atoms with Gasteiger partial charge < -0.3 is 18.9 Å². The van der Waals surface area contributed by atoms with Gasteiger partial charge >= 0.3 is 19.8 Å². The van der Waals surface area contributed by atoms with Gasteiger partial charge in [-0.1, -0.05) is 170 Å². The van der Waals surface area contributed by atoms with Crippen LogP contribution < -0.4 is 0 Å². The maximum absolute atomic E-state index is 12.7. The minimum atomic E-state index is -4.40. The highest BCUT2D eigenvalue weighted by Crippen LogP contribution is 2.43. The molecule has 0 aromatic heterocycles. The molecule has 0 fully saturated rings. The average molecular weight is 889 g/mol. The minimum Gasteiger partial charge on any atom is -0.462 e. The number of esters is 2. The lowest BCUT2D eigenvalue weighted by Crippen LogP contribution is -2.37. The van der Waals surface area contributed by atoms with Crippen LogP contribution in [0.4, 0.5) is 0 Å². The second kappa shape index (κ2) is 43.4. The van der Waals surface area contributed by atoms with Crippen molar-refractivity contribution in [2.45, 2.75) is 187 Å². The number of carbonyl (C=O) groups is 2. The summed E-state index contributed by atoms with van der Waals surface area (Å²) in [7, 11) is 1.43. The Labute approximate surface area is 380 Å². The van der Waals surface area contributed by atoms with Crippen molar-refractivity contribution in [1.29, 1.82) is 0 Å². The van der Waals surface area contributed by atoms with E-state index in [-0.39, 0.29) is 26.1 Å². The Hall–Kier alpha value is -2.81. The number of hydrogen-bond acceptors (Lipinski definition) is 7. The second-order valence-electron chi connectivity index (χ2n) is 17.1. The van der Waals surface area contributed by atoms with Crippen molar-refractivity contribution in [3.63, 3.8) is 0 Å². The Morgan fingerprint density at radius 3 is 1.42 bits per heavy atom. The molecule has 9 nitrogen and oxygen atoms in total. The topological polar surface area (TPSA) is 108 Å². The molecule has 356 valence electrons. The molecule has 0 aromatic rings. The fourth-order valence-corrected chi connectivity index (χ4v) is 6.88. The smallest absolute Gasteiger partial charge is 0.462 e. The lowest BCUT2D eigenvalue weighted by Gasteiger charge is -2.24. The summed E-state index contributed by atoms with van der Waals surface area (Å²) in [6, 6.07) is 0. The lowest BCUT2D eigenvalue weighted by atomic mass is 10.1. The van der Waals surface area contributed by atoms with Crippen LogP contribution in [0.3, 0.4) is 0 Å². The van der Waals surface area contributed by atoms with E-state index in [9.17, 15) is 19.0 Å². The first-order chi connectivity index (χ1) is 30.0. The van der Waals surface area contributed by atoms with Gasteiger partial charge in [-0.25, -0.2) is 4.57 Å². The van der Waals surface area contributed by atoms with Gasteiger partial charge in [-0.15, -0.1) is 0 Å². The molecule has 10 heteroatoms. The molecule has 2 unspecified atom stereocenters. The van der Waals surface area contributed by atoms with Gasteiger partial charge in [0.15, 0.2) is 6.10 Å². The maximum Gasteiger partial charge on any atom is 0.472 e. The molecule has 0 aromatic carbocycles. The number of phosphoric ester groups is 1. The van der Waals surface area contributed by atoms with E-state index < -0.39 is 32.5 Å². The van der Waals surface area contributed by atoms with E-state index in [0.29, 0.717) is 23.9 Å². The number of ether oxygens (including phenoxy) is 2. The highest BCUT2D eigenvalue weighted by Gasteiger charge is 2.27. The number of quaternary nitrogens is 1. The van der Waals surface area contributed by atoms with Crippen molar-refractivity contribution in [1.82, 2.24) is 0 Å². The number of likely N-dealkylation sites (N-methyl/N-ethyl adjacent to an activating group) is 1. The van der Waals surface area contributed by atoms with Crippen LogP contribution >= 0.6 is 7.82 Å². The van der Waals surface area contributed by atoms with E-state index >= 15 is 0 Å². The van der Waals surface area contributed by atoms with Crippen molar-refractivity contribution in [2.75, 3.05) is 47.5 Å². The molecular weight excluding hydrogens is 798 g/mol. The van der Waals surface area contributed by atoms with Crippen LogP contribution in [0.2, 0.25) is 0 Å². The molecule has 0 amide bonds. The normalized spacial score (nSPS) is 14.2. The fourth-order valence-electron chi connectivity index (χ4n) is 6.14. The van der Waals surface area contributed by atoms with Crippen LogP contribution in [0, 0.1) is 0 Å². The highest BCUT2D eigenvalue weighted by molar-refractivity contribution is 7.47. The van der Waals surface area contributed by atoms with Gasteiger partial charge in [-0.2, -0.15) is 0 Å². The first-order valence-corrected chi connectivity index (χ1v) is 25.8. The number of allylic oxidation sites excluding steroid dienone is 14. The monoisotopic (exact) mass is 889 g/mol. The Morgan fingerprint density at radius 1 is 0.516 bits per heavy atom. The van der Waals surface area contributed by atoms with Crippen LogP contribution in [0.25, 0.3) is 0 Å². The molecule has 2 atom stereocenters. The van der Waals surface area contributed by atoms with E-state index in [4.69, 9.17) is 18.5 Å². The zero-order valence-electron chi connectivity index (χ0n) is 40.1. The molecule has 0 radical (unpaired) electrons. The molecule has 0 heterocycles. The van der Waals surface area contributed by atoms with Gasteiger partial charge in [0.05, 0.1) is 27.7 Å². The number of unbranched alkanes of at least 4 members (excludes halogenated alkanes) is 15. The molecule has 0 aliphatic carbocycles. The Bertz CT molecular complexity index is 1330. The zero-order valence-corrected chi connectivity index (χ0v) is 41.0. The van der Waals surface area contributed by atoms with Crippen molar-refractivity contribution in [3.8, 4) is 0 Å². The number of carbonyl (C=O) groups excluding carboxylic acids is 2. The van der Waals surface area contributed by atoms with Crippen molar-refractivity contribution >= 4 is 19.8 Å². The Kier molecular flexibility index (Phi) is 41.5. The third-order valence-corrected chi connectivity index (χ3v) is 10.9. The lowest BCUT2D eigenvalue weighted by molar-refractivity contribution is -0.870. The van der Waals surface area contributed by atoms with E-state index in [0.717, 1.165) is 70.6 Å². The molecule has 1 N–H and O–H groups in total. The Balaban J connectivity index is 4.38. The van der Waals surface area contributed by atoms with Crippen molar-refractivity contribution in [3.05, 3.63) is 85.1 Å². The molecule has 62 heavy (non-hydrogen) atoms. The molecule has 0 aliphatic rings. The number of rotatable bonds is 43. The number of nitrogens with zero attached hydrogens (tertiary/aromatic N) is 1. The molecular formula is C52H91NO8P+. The first kappa shape index (κ1) is 59.2. The molecule has 0 aliphatic heterocycles. The summed E-state index contributed by atoms with van der Waals surface area (Å²) in [5.41, 5.74) is 0. The molecule has 0 bridgehead atoms. The van der Waals surface area contributed by atoms with E-state index in [1.54, 1.807) is 0 Å². The second-order valence-corrected chi connectivity index (χ2v) is 18.6. The standard InChI is InChI=1S/C52H90NO8P/c1-6-8-10-12-14-16-18-20-22-24-25-26-27-29-30-32-34-36-38-40-42-44-51(54)58-48-50(49-60-62(56,57)59-47-46-53(3,4)5)61-52(55)45-43-41-39-37-35-33-31-28-23-21-19-17-15-13-11-9-7-2/h9,11,15,17-18,20-21,23-25,31,33,37,39,50H,6-8,10,12-14,16,19,22,26-30,32,34-36,38,40-49H2,1-5H3/p+1/b11-9-,17-15-,20-18-,23-21-,25-24-,33-31-,39-37-. The zero-order chi connectivity index (χ0) is 45.7. The van der Waals surface area contributed by atoms with Gasteiger partial charge in [-0.05, 0) is 83.5 Å². The van der Waals surface area contributed by atoms with Crippen LogP contribution in [0.15, 0.2) is 85.1 Å². The van der Waals surface area contributed by atoms with Gasteiger partial charge in [0, 0.05) is 12.8 Å². The predicted molar refractivity (Wildman–Crippen MR) is 261 cm³/mol.